The van der Waals surface area contributed by atoms with Crippen LogP contribution >= 0.6 is 11.8 Å². The Morgan fingerprint density at radius 2 is 1.78 bits per heavy atom. The molecule has 1 heterocycles. The standard InChI is InChI=1S/C30H37F3N2O5S/c1-29(27(36)37)20-39-25-15-10-22(19-26(25)40-29)16-18-35(17-6-5-9-21-7-3-2-4-8-21)28(38)34-23-11-13-24(14-12-23)41-30(31,32)33/h10-15,19,21H,2-9,16-18,20H2,1H3,(H,34,38)(H,36,37). The SMILES string of the molecule is CC1(C(=O)O)COc2ccc(CCN(CCCCC3CCCCC3)C(=O)Nc3ccc(SC(F)(F)F)cc3)cc2O1. The van der Waals surface area contributed by atoms with Gasteiger partial charge in [0, 0.05) is 23.7 Å². The minimum Gasteiger partial charge on any atom is -0.485 e. The number of ether oxygens (including phenoxy) is 2. The Kier molecular flexibility index (Phi) is 10.3. The smallest absolute Gasteiger partial charge is 0.446 e. The third-order valence-electron chi connectivity index (χ3n) is 7.61. The molecule has 1 aliphatic carbocycles. The summed E-state index contributed by atoms with van der Waals surface area (Å²) >= 11 is -0.198. The molecule has 7 nitrogen and oxygen atoms in total. The third kappa shape index (κ3) is 9.21. The summed E-state index contributed by atoms with van der Waals surface area (Å²) in [5.74, 6) is 0.457. The zero-order valence-corrected chi connectivity index (χ0v) is 24.0. The Labute approximate surface area is 242 Å². The van der Waals surface area contributed by atoms with Crippen molar-refractivity contribution in [2.75, 3.05) is 25.0 Å². The number of thioether (sulfide) groups is 1. The maximum atomic E-state index is 13.3. The topological polar surface area (TPSA) is 88.1 Å². The van der Waals surface area contributed by atoms with Crippen molar-refractivity contribution in [3.63, 3.8) is 0 Å². The Hall–Kier alpha value is -3.08. The average molecular weight is 595 g/mol. The predicted molar refractivity (Wildman–Crippen MR) is 152 cm³/mol. The number of carbonyl (C=O) groups excluding carboxylic acids is 1. The van der Waals surface area contributed by atoms with Crippen LogP contribution in [-0.4, -0.2) is 52.8 Å². The zero-order valence-electron chi connectivity index (χ0n) is 23.2. The van der Waals surface area contributed by atoms with Crippen LogP contribution in [0, 0.1) is 5.92 Å². The van der Waals surface area contributed by atoms with E-state index >= 15 is 0 Å². The summed E-state index contributed by atoms with van der Waals surface area (Å²) in [6.07, 6.45) is 9.97. The number of anilines is 1. The monoisotopic (exact) mass is 594 g/mol. The number of aliphatic carboxylic acids is 1. The second kappa shape index (κ2) is 13.7. The Morgan fingerprint density at radius 1 is 1.05 bits per heavy atom. The van der Waals surface area contributed by atoms with Crippen LogP contribution in [0.5, 0.6) is 11.5 Å². The van der Waals surface area contributed by atoms with Gasteiger partial charge in [-0.1, -0.05) is 51.0 Å². The highest BCUT2D eigenvalue weighted by molar-refractivity contribution is 8.00. The van der Waals surface area contributed by atoms with E-state index in [1.54, 1.807) is 17.0 Å². The van der Waals surface area contributed by atoms with Gasteiger partial charge in [0.2, 0.25) is 5.60 Å². The summed E-state index contributed by atoms with van der Waals surface area (Å²) in [6, 6.07) is 10.6. The number of nitrogens with zero attached hydrogens (tertiary/aromatic N) is 1. The zero-order chi connectivity index (χ0) is 29.5. The highest BCUT2D eigenvalue weighted by Gasteiger charge is 2.40. The molecule has 1 fully saturated rings. The van der Waals surface area contributed by atoms with E-state index in [9.17, 15) is 27.9 Å². The van der Waals surface area contributed by atoms with Gasteiger partial charge >= 0.3 is 17.5 Å². The van der Waals surface area contributed by atoms with E-state index in [-0.39, 0.29) is 29.3 Å². The first-order chi connectivity index (χ1) is 19.5. The van der Waals surface area contributed by atoms with Gasteiger partial charge < -0.3 is 24.8 Å². The van der Waals surface area contributed by atoms with Gasteiger partial charge in [-0.25, -0.2) is 9.59 Å². The molecule has 1 unspecified atom stereocenters. The van der Waals surface area contributed by atoms with Crippen LogP contribution < -0.4 is 14.8 Å². The molecular formula is C30H37F3N2O5S. The first-order valence-electron chi connectivity index (χ1n) is 14.1. The van der Waals surface area contributed by atoms with Gasteiger partial charge in [0.05, 0.1) is 0 Å². The fraction of sp³-hybridized carbons (Fsp3) is 0.533. The van der Waals surface area contributed by atoms with Gasteiger partial charge in [-0.2, -0.15) is 13.2 Å². The van der Waals surface area contributed by atoms with Crippen LogP contribution in [0.15, 0.2) is 47.4 Å². The van der Waals surface area contributed by atoms with Crippen LogP contribution in [0.4, 0.5) is 23.7 Å². The van der Waals surface area contributed by atoms with E-state index in [1.807, 2.05) is 6.07 Å². The second-order valence-electron chi connectivity index (χ2n) is 10.9. The normalized spacial score (nSPS) is 19.0. The molecule has 1 atom stereocenters. The second-order valence-corrected chi connectivity index (χ2v) is 12.1. The van der Waals surface area contributed by atoms with E-state index in [4.69, 9.17) is 9.47 Å². The lowest BCUT2D eigenvalue weighted by atomic mass is 9.86. The van der Waals surface area contributed by atoms with E-state index in [1.165, 1.54) is 63.3 Å². The van der Waals surface area contributed by atoms with Crippen molar-refractivity contribution in [3.05, 3.63) is 48.0 Å². The predicted octanol–water partition coefficient (Wildman–Crippen LogP) is 7.74. The largest absolute Gasteiger partial charge is 0.485 e. The molecule has 2 amide bonds. The quantitative estimate of drug-likeness (QED) is 0.204. The number of amides is 2. The maximum Gasteiger partial charge on any atom is 0.446 e. The lowest BCUT2D eigenvalue weighted by Crippen LogP contribution is -2.49. The van der Waals surface area contributed by atoms with E-state index in [0.717, 1.165) is 30.7 Å². The minimum absolute atomic E-state index is 0.0488. The molecule has 0 saturated heterocycles. The molecule has 1 saturated carbocycles. The van der Waals surface area contributed by atoms with Crippen molar-refractivity contribution in [2.24, 2.45) is 5.92 Å². The van der Waals surface area contributed by atoms with Crippen LogP contribution in [0.25, 0.3) is 0 Å². The molecule has 0 aromatic heterocycles. The Morgan fingerprint density at radius 3 is 2.46 bits per heavy atom. The van der Waals surface area contributed by atoms with Crippen molar-refractivity contribution in [3.8, 4) is 11.5 Å². The molecule has 2 N–H and O–H groups in total. The highest BCUT2D eigenvalue weighted by Crippen LogP contribution is 2.38. The molecule has 2 aromatic rings. The number of urea groups is 1. The summed E-state index contributed by atoms with van der Waals surface area (Å²) in [5.41, 5.74) is -4.58. The fourth-order valence-corrected chi connectivity index (χ4v) is 5.77. The molecule has 1 aliphatic heterocycles. The molecule has 41 heavy (non-hydrogen) atoms. The molecule has 2 aliphatic rings. The average Bonchev–Trinajstić information content (AvgIpc) is 2.93. The number of nitrogens with one attached hydrogen (secondary N) is 1. The molecule has 224 valence electrons. The van der Waals surface area contributed by atoms with Crippen LogP contribution in [0.3, 0.4) is 0 Å². The van der Waals surface area contributed by atoms with Gasteiger partial charge in [-0.15, -0.1) is 0 Å². The molecule has 11 heteroatoms. The summed E-state index contributed by atoms with van der Waals surface area (Å²) in [4.78, 5) is 26.6. The molecule has 4 rings (SSSR count). The third-order valence-corrected chi connectivity index (χ3v) is 8.35. The molecule has 0 radical (unpaired) electrons. The van der Waals surface area contributed by atoms with E-state index < -0.39 is 17.1 Å². The lowest BCUT2D eigenvalue weighted by Gasteiger charge is -2.32. The number of carboxylic acid groups (broad SMARTS) is 1. The van der Waals surface area contributed by atoms with Crippen molar-refractivity contribution in [2.45, 2.75) is 80.7 Å². The minimum atomic E-state index is -4.38. The van der Waals surface area contributed by atoms with Gasteiger partial charge in [0.25, 0.3) is 0 Å². The Balaban J connectivity index is 1.38. The van der Waals surface area contributed by atoms with E-state index in [0.29, 0.717) is 36.7 Å². The number of hydrogen-bond acceptors (Lipinski definition) is 5. The van der Waals surface area contributed by atoms with Gasteiger partial charge in [0.1, 0.15) is 6.61 Å². The number of rotatable bonds is 11. The number of benzene rings is 2. The maximum absolute atomic E-state index is 13.3. The molecule has 0 bridgehead atoms. The van der Waals surface area contributed by atoms with Crippen molar-refractivity contribution in [1.82, 2.24) is 4.90 Å². The first-order valence-corrected chi connectivity index (χ1v) is 14.9. The van der Waals surface area contributed by atoms with Crippen LogP contribution in [0.1, 0.15) is 63.9 Å². The molecule has 0 spiro atoms. The number of hydrogen-bond donors (Lipinski definition) is 2. The number of fused-ring (bicyclic) bond motifs is 1. The number of halogens is 3. The summed E-state index contributed by atoms with van der Waals surface area (Å²) < 4.78 is 49.3. The van der Waals surface area contributed by atoms with Crippen LogP contribution in [-0.2, 0) is 11.2 Å². The summed E-state index contributed by atoms with van der Waals surface area (Å²) in [5, 5.41) is 12.3. The summed E-state index contributed by atoms with van der Waals surface area (Å²) in [6.45, 7) is 2.30. The van der Waals surface area contributed by atoms with Gasteiger partial charge in [0.15, 0.2) is 11.5 Å². The van der Waals surface area contributed by atoms with Gasteiger partial charge in [-0.05, 0) is 79.4 Å². The number of carboxylic acids is 1. The number of alkyl halides is 3. The Bertz CT molecular complexity index is 1190. The van der Waals surface area contributed by atoms with Gasteiger partial charge in [-0.3, -0.25) is 0 Å². The van der Waals surface area contributed by atoms with E-state index in [2.05, 4.69) is 5.32 Å². The van der Waals surface area contributed by atoms with Crippen molar-refractivity contribution in [1.29, 1.82) is 0 Å². The molecule has 2 aromatic carbocycles. The number of unbranched alkanes of at least 4 members (excludes halogenated alkanes) is 1. The van der Waals surface area contributed by atoms with Crippen molar-refractivity contribution < 1.29 is 37.3 Å². The van der Waals surface area contributed by atoms with Crippen LogP contribution in [0.2, 0.25) is 0 Å². The first kappa shape index (κ1) is 30.9. The van der Waals surface area contributed by atoms with Crippen molar-refractivity contribution >= 4 is 29.4 Å². The fourth-order valence-electron chi connectivity index (χ4n) is 5.23. The highest BCUT2D eigenvalue weighted by atomic mass is 32.2. The number of carbonyl (C=O) groups is 2. The molecular weight excluding hydrogens is 557 g/mol. The lowest BCUT2D eigenvalue weighted by molar-refractivity contribution is -0.158. The summed E-state index contributed by atoms with van der Waals surface area (Å²) in [7, 11) is 0.